The average Bonchev–Trinajstić information content (AvgIpc) is 2.36. The van der Waals surface area contributed by atoms with Crippen LogP contribution in [0.2, 0.25) is 0 Å². The van der Waals surface area contributed by atoms with Crippen molar-refractivity contribution < 1.29 is 19.4 Å². The summed E-state index contributed by atoms with van der Waals surface area (Å²) in [5.74, 6) is -0.339. The van der Waals surface area contributed by atoms with Crippen LogP contribution in [0, 0.1) is 5.92 Å². The number of amides is 1. The predicted octanol–water partition coefficient (Wildman–Crippen LogP) is 2.13. The Labute approximate surface area is 126 Å². The minimum atomic E-state index is -1.01. The summed E-state index contributed by atoms with van der Waals surface area (Å²) in [5.41, 5.74) is -0.623. The van der Waals surface area contributed by atoms with Gasteiger partial charge in [-0.2, -0.15) is 0 Å². The van der Waals surface area contributed by atoms with E-state index >= 15 is 0 Å². The summed E-state index contributed by atoms with van der Waals surface area (Å²) in [6, 6.07) is -0.874. The highest BCUT2D eigenvalue weighted by Gasteiger charge is 2.24. The maximum atomic E-state index is 11.6. The van der Waals surface area contributed by atoms with Crippen molar-refractivity contribution >= 4 is 12.1 Å². The van der Waals surface area contributed by atoms with E-state index < -0.39 is 23.7 Å². The third-order valence-electron chi connectivity index (χ3n) is 3.55. The molecule has 0 aliphatic carbocycles. The van der Waals surface area contributed by atoms with Crippen molar-refractivity contribution in [2.24, 2.45) is 5.92 Å². The molecule has 122 valence electrons. The van der Waals surface area contributed by atoms with Gasteiger partial charge in [0.2, 0.25) is 0 Å². The number of nitrogens with one attached hydrogen (secondary N) is 2. The van der Waals surface area contributed by atoms with Gasteiger partial charge in [0, 0.05) is 0 Å². The summed E-state index contributed by atoms with van der Waals surface area (Å²) >= 11 is 0. The molecule has 21 heavy (non-hydrogen) atoms. The summed E-state index contributed by atoms with van der Waals surface area (Å²) in [5, 5.41) is 14.9. The summed E-state index contributed by atoms with van der Waals surface area (Å²) in [4.78, 5) is 22.8. The minimum Gasteiger partial charge on any atom is -0.480 e. The fourth-order valence-corrected chi connectivity index (χ4v) is 2.49. The van der Waals surface area contributed by atoms with Gasteiger partial charge in [0.15, 0.2) is 0 Å². The first kappa shape index (κ1) is 17.8. The van der Waals surface area contributed by atoms with Gasteiger partial charge in [0.1, 0.15) is 11.6 Å². The number of carboxylic acids is 1. The van der Waals surface area contributed by atoms with E-state index in [4.69, 9.17) is 4.74 Å². The molecular formula is C15H28N2O4. The van der Waals surface area contributed by atoms with Crippen LogP contribution in [0.4, 0.5) is 4.79 Å². The third kappa shape index (κ3) is 7.90. The molecule has 0 aromatic rings. The maximum Gasteiger partial charge on any atom is 0.408 e. The number of hydrogen-bond donors (Lipinski definition) is 3. The highest BCUT2D eigenvalue weighted by atomic mass is 16.6. The second kappa shape index (κ2) is 8.22. The van der Waals surface area contributed by atoms with Crippen LogP contribution in [0.1, 0.15) is 52.9 Å². The molecule has 1 aliphatic heterocycles. The van der Waals surface area contributed by atoms with E-state index in [1.165, 1.54) is 0 Å². The Hall–Kier alpha value is -1.30. The zero-order valence-electron chi connectivity index (χ0n) is 13.3. The second-order valence-electron chi connectivity index (χ2n) is 6.66. The Morgan fingerprint density at radius 1 is 1.33 bits per heavy atom. The topological polar surface area (TPSA) is 87.7 Å². The number of carbonyl (C=O) groups is 2. The molecular weight excluding hydrogens is 272 g/mol. The number of ether oxygens (including phenoxy) is 1. The van der Waals surface area contributed by atoms with Crippen molar-refractivity contribution in [2.45, 2.75) is 64.5 Å². The first-order valence-corrected chi connectivity index (χ1v) is 7.71. The predicted molar refractivity (Wildman–Crippen MR) is 80.2 cm³/mol. The fraction of sp³-hybridized carbons (Fsp3) is 0.867. The fourth-order valence-electron chi connectivity index (χ4n) is 2.49. The molecule has 0 radical (unpaired) electrons. The van der Waals surface area contributed by atoms with Crippen LogP contribution >= 0.6 is 0 Å². The molecule has 1 rings (SSSR count). The first-order chi connectivity index (χ1) is 9.78. The van der Waals surface area contributed by atoms with Crippen LogP contribution in [-0.2, 0) is 9.53 Å². The van der Waals surface area contributed by atoms with Gasteiger partial charge in [-0.3, -0.25) is 0 Å². The SMILES string of the molecule is CC(C)(C)OC(=O)N[C@H](CCCC1CCNCC1)C(=O)O. The van der Waals surface area contributed by atoms with E-state index in [1.807, 2.05) is 0 Å². The van der Waals surface area contributed by atoms with Crippen molar-refractivity contribution in [3.8, 4) is 0 Å². The minimum absolute atomic E-state index is 0.443. The van der Waals surface area contributed by atoms with E-state index in [0.29, 0.717) is 12.3 Å². The normalized spacial score (nSPS) is 18.0. The lowest BCUT2D eigenvalue weighted by Crippen LogP contribution is -2.43. The average molecular weight is 300 g/mol. The number of piperidine rings is 1. The monoisotopic (exact) mass is 300 g/mol. The van der Waals surface area contributed by atoms with Crippen LogP contribution in [0.25, 0.3) is 0 Å². The van der Waals surface area contributed by atoms with Crippen molar-refractivity contribution in [1.82, 2.24) is 10.6 Å². The molecule has 0 aromatic carbocycles. The lowest BCUT2D eigenvalue weighted by molar-refractivity contribution is -0.139. The highest BCUT2D eigenvalue weighted by Crippen LogP contribution is 2.19. The first-order valence-electron chi connectivity index (χ1n) is 7.71. The lowest BCUT2D eigenvalue weighted by Gasteiger charge is -2.24. The van der Waals surface area contributed by atoms with Gasteiger partial charge in [-0.15, -0.1) is 0 Å². The van der Waals surface area contributed by atoms with Crippen LogP contribution in [0.5, 0.6) is 0 Å². The van der Waals surface area contributed by atoms with Crippen LogP contribution in [-0.4, -0.2) is 41.9 Å². The van der Waals surface area contributed by atoms with Gasteiger partial charge < -0.3 is 20.5 Å². The van der Waals surface area contributed by atoms with Crippen molar-refractivity contribution in [2.75, 3.05) is 13.1 Å². The maximum absolute atomic E-state index is 11.6. The molecule has 0 bridgehead atoms. The van der Waals surface area contributed by atoms with Crippen molar-refractivity contribution in [1.29, 1.82) is 0 Å². The van der Waals surface area contributed by atoms with E-state index in [-0.39, 0.29) is 0 Å². The molecule has 1 saturated heterocycles. The van der Waals surface area contributed by atoms with Crippen LogP contribution < -0.4 is 10.6 Å². The molecule has 1 amide bonds. The Morgan fingerprint density at radius 2 is 1.95 bits per heavy atom. The molecule has 1 fully saturated rings. The number of alkyl carbamates (subject to hydrolysis) is 1. The smallest absolute Gasteiger partial charge is 0.408 e. The quantitative estimate of drug-likeness (QED) is 0.699. The van der Waals surface area contributed by atoms with Crippen molar-refractivity contribution in [3.05, 3.63) is 0 Å². The largest absolute Gasteiger partial charge is 0.480 e. The standard InChI is InChI=1S/C15H28N2O4/c1-15(2,3)21-14(20)17-12(13(18)19)6-4-5-11-7-9-16-10-8-11/h11-12,16H,4-10H2,1-3H3,(H,17,20)(H,18,19)/t12-/m1/s1. The van der Waals surface area contributed by atoms with Gasteiger partial charge >= 0.3 is 12.1 Å². The molecule has 0 spiro atoms. The molecule has 0 aromatic heterocycles. The molecule has 6 nitrogen and oxygen atoms in total. The molecule has 1 atom stereocenters. The summed E-state index contributed by atoms with van der Waals surface area (Å²) in [7, 11) is 0. The number of rotatable bonds is 6. The van der Waals surface area contributed by atoms with Crippen molar-refractivity contribution in [3.63, 3.8) is 0 Å². The van der Waals surface area contributed by atoms with E-state index in [2.05, 4.69) is 10.6 Å². The number of aliphatic carboxylic acids is 1. The zero-order chi connectivity index (χ0) is 15.9. The Morgan fingerprint density at radius 3 is 2.48 bits per heavy atom. The van der Waals surface area contributed by atoms with Gasteiger partial charge in [-0.25, -0.2) is 9.59 Å². The highest BCUT2D eigenvalue weighted by molar-refractivity contribution is 5.79. The molecule has 1 aliphatic rings. The molecule has 0 unspecified atom stereocenters. The molecule has 6 heteroatoms. The molecule has 3 N–H and O–H groups in total. The Bertz CT molecular complexity index is 346. The third-order valence-corrected chi connectivity index (χ3v) is 3.55. The van der Waals surface area contributed by atoms with Crippen LogP contribution in [0.15, 0.2) is 0 Å². The Kier molecular flexibility index (Phi) is 6.95. The summed E-state index contributed by atoms with van der Waals surface area (Å²) in [6.45, 7) is 7.34. The Balaban J connectivity index is 2.32. The van der Waals surface area contributed by atoms with Gasteiger partial charge in [-0.05, 0) is 59.0 Å². The summed E-state index contributed by atoms with van der Waals surface area (Å²) < 4.78 is 5.09. The van der Waals surface area contributed by atoms with Gasteiger partial charge in [0.05, 0.1) is 0 Å². The van der Waals surface area contributed by atoms with Gasteiger partial charge in [-0.1, -0.05) is 12.8 Å². The molecule has 0 saturated carbocycles. The van der Waals surface area contributed by atoms with E-state index in [1.54, 1.807) is 20.8 Å². The van der Waals surface area contributed by atoms with E-state index in [9.17, 15) is 14.7 Å². The number of carbonyl (C=O) groups excluding carboxylic acids is 1. The lowest BCUT2D eigenvalue weighted by atomic mass is 9.91. The molecule has 1 heterocycles. The second-order valence-corrected chi connectivity index (χ2v) is 6.66. The number of carboxylic acid groups (broad SMARTS) is 1. The zero-order valence-corrected chi connectivity index (χ0v) is 13.3. The van der Waals surface area contributed by atoms with E-state index in [0.717, 1.165) is 38.8 Å². The van der Waals surface area contributed by atoms with Crippen LogP contribution in [0.3, 0.4) is 0 Å². The summed E-state index contributed by atoms with van der Waals surface area (Å²) in [6.07, 6.45) is 3.89. The number of hydrogen-bond acceptors (Lipinski definition) is 4. The van der Waals surface area contributed by atoms with Gasteiger partial charge in [0.25, 0.3) is 0 Å².